The van der Waals surface area contributed by atoms with Crippen LogP contribution < -0.4 is 0 Å². The largest absolute Gasteiger partial charge is 0.443 e. The second kappa shape index (κ2) is 6.77. The molecule has 2 unspecified atom stereocenters. The van der Waals surface area contributed by atoms with Crippen molar-refractivity contribution in [2.24, 2.45) is 0 Å². The minimum Gasteiger partial charge on any atom is -0.443 e. The molecule has 1 aliphatic heterocycles. The molecule has 0 bridgehead atoms. The zero-order chi connectivity index (χ0) is 19.9. The Morgan fingerprint density at radius 3 is 2.23 bits per heavy atom. The highest BCUT2D eigenvalue weighted by Crippen LogP contribution is 2.34. The van der Waals surface area contributed by atoms with Gasteiger partial charge in [0.2, 0.25) is 0 Å². The van der Waals surface area contributed by atoms with Crippen LogP contribution in [0.3, 0.4) is 0 Å². The summed E-state index contributed by atoms with van der Waals surface area (Å²) in [4.78, 5) is 12.4. The van der Waals surface area contributed by atoms with Crippen molar-refractivity contribution in [2.75, 3.05) is 6.61 Å². The molecule has 0 aliphatic carbocycles. The molecule has 1 fully saturated rings. The van der Waals surface area contributed by atoms with E-state index >= 15 is 0 Å². The van der Waals surface area contributed by atoms with Gasteiger partial charge in [0, 0.05) is 18.4 Å². The molecule has 0 radical (unpaired) electrons. The second-order valence-electron chi connectivity index (χ2n) is 7.38. The fourth-order valence-corrected chi connectivity index (χ4v) is 3.85. The number of nitrogens with zero attached hydrogens (tertiary/aromatic N) is 1. The fourth-order valence-electron chi connectivity index (χ4n) is 2.63. The fraction of sp³-hybridized carbons (Fsp3) is 0.588. The Kier molecular flexibility index (Phi) is 5.36. The van der Waals surface area contributed by atoms with Gasteiger partial charge in [-0.1, -0.05) is 31.2 Å². The van der Waals surface area contributed by atoms with Gasteiger partial charge in [-0.05, 0) is 26.3 Å². The van der Waals surface area contributed by atoms with E-state index in [9.17, 15) is 22.0 Å². The first-order chi connectivity index (χ1) is 11.7. The lowest BCUT2D eigenvalue weighted by Gasteiger charge is -2.29. The summed E-state index contributed by atoms with van der Waals surface area (Å²) in [5, 5.41) is 0. The Labute approximate surface area is 152 Å². The van der Waals surface area contributed by atoms with Gasteiger partial charge in [-0.2, -0.15) is 12.7 Å². The molecule has 1 aliphatic rings. The minimum absolute atomic E-state index is 0.146. The van der Waals surface area contributed by atoms with Crippen molar-refractivity contribution in [1.82, 2.24) is 4.31 Å². The Bertz CT molecular complexity index is 766. The number of alkyl halides is 2. The number of hydrogen-bond donors (Lipinski definition) is 0. The molecule has 6 nitrogen and oxygen atoms in total. The highest BCUT2D eigenvalue weighted by molar-refractivity contribution is 7.85. The van der Waals surface area contributed by atoms with Crippen LogP contribution in [0.5, 0.6) is 0 Å². The van der Waals surface area contributed by atoms with Gasteiger partial charge < -0.3 is 4.74 Å². The first kappa shape index (κ1) is 20.6. The molecule has 1 saturated heterocycles. The number of carbonyl (C=O) groups is 1. The zero-order valence-electron chi connectivity index (χ0n) is 15.3. The molecule has 0 saturated carbocycles. The van der Waals surface area contributed by atoms with E-state index < -0.39 is 39.9 Å². The predicted octanol–water partition coefficient (Wildman–Crippen LogP) is 3.78. The van der Waals surface area contributed by atoms with Crippen LogP contribution in [0.4, 0.5) is 13.6 Å². The molecule has 0 aromatic heterocycles. The monoisotopic (exact) mass is 391 g/mol. The molecular weight excluding hydrogens is 368 g/mol. The van der Waals surface area contributed by atoms with Crippen molar-refractivity contribution in [3.63, 3.8) is 0 Å². The summed E-state index contributed by atoms with van der Waals surface area (Å²) < 4.78 is 61.5. The highest BCUT2D eigenvalue weighted by atomic mass is 32.2. The molecule has 0 spiro atoms. The number of halogens is 2. The smallest absolute Gasteiger partial charge is 0.426 e. The Morgan fingerprint density at radius 2 is 1.77 bits per heavy atom. The second-order valence-corrected chi connectivity index (χ2v) is 8.87. The van der Waals surface area contributed by atoms with Crippen LogP contribution in [-0.4, -0.2) is 37.1 Å². The lowest BCUT2D eigenvalue weighted by molar-refractivity contribution is 0.0174. The first-order valence-corrected chi connectivity index (χ1v) is 9.49. The van der Waals surface area contributed by atoms with E-state index in [4.69, 9.17) is 8.92 Å². The molecule has 1 aromatic carbocycles. The lowest BCUT2D eigenvalue weighted by atomic mass is 9.92. The average Bonchev–Trinajstić information content (AvgIpc) is 2.79. The van der Waals surface area contributed by atoms with Crippen molar-refractivity contribution in [2.45, 2.75) is 58.1 Å². The van der Waals surface area contributed by atoms with Crippen LogP contribution in [0.1, 0.15) is 51.7 Å². The maximum Gasteiger partial charge on any atom is 0.426 e. The van der Waals surface area contributed by atoms with E-state index in [1.165, 1.54) is 24.3 Å². The third-order valence-electron chi connectivity index (χ3n) is 4.02. The topological polar surface area (TPSA) is 72.9 Å². The predicted molar refractivity (Wildman–Crippen MR) is 91.2 cm³/mol. The lowest BCUT2D eigenvalue weighted by Crippen LogP contribution is -2.44. The van der Waals surface area contributed by atoms with Crippen molar-refractivity contribution < 1.29 is 30.9 Å². The van der Waals surface area contributed by atoms with Crippen LogP contribution >= 0.6 is 0 Å². The molecule has 26 heavy (non-hydrogen) atoms. The molecule has 1 amide bonds. The van der Waals surface area contributed by atoms with Gasteiger partial charge in [0.15, 0.2) is 0 Å². The third-order valence-corrected chi connectivity index (χ3v) is 5.36. The van der Waals surface area contributed by atoms with E-state index in [-0.39, 0.29) is 12.2 Å². The van der Waals surface area contributed by atoms with Crippen molar-refractivity contribution in [3.05, 3.63) is 35.4 Å². The number of ether oxygens (including phenoxy) is 1. The number of carbonyl (C=O) groups excluding carboxylic acids is 1. The summed E-state index contributed by atoms with van der Waals surface area (Å²) >= 11 is 0. The molecule has 146 valence electrons. The van der Waals surface area contributed by atoms with Gasteiger partial charge >= 0.3 is 16.4 Å². The SMILES string of the molecule is CC(c1ccc(C(C)(F)F)cc1)C1COS(=O)(=O)N1C(=O)OC(C)(C)C. The van der Waals surface area contributed by atoms with Gasteiger partial charge in [0.25, 0.3) is 5.92 Å². The van der Waals surface area contributed by atoms with Crippen molar-refractivity contribution >= 4 is 16.4 Å². The number of amides is 1. The van der Waals surface area contributed by atoms with Crippen molar-refractivity contribution in [1.29, 1.82) is 0 Å². The summed E-state index contributed by atoms with van der Waals surface area (Å²) in [7, 11) is -4.25. The number of hydrogen-bond acceptors (Lipinski definition) is 5. The number of benzene rings is 1. The maximum atomic E-state index is 13.3. The van der Waals surface area contributed by atoms with Gasteiger partial charge in [-0.15, -0.1) is 0 Å². The molecule has 2 rings (SSSR count). The summed E-state index contributed by atoms with van der Waals surface area (Å²) in [6.45, 7) is 7.14. The van der Waals surface area contributed by atoms with E-state index in [2.05, 4.69) is 0 Å². The van der Waals surface area contributed by atoms with E-state index in [0.29, 0.717) is 9.87 Å². The Balaban J connectivity index is 2.29. The maximum absolute atomic E-state index is 13.3. The van der Waals surface area contributed by atoms with Crippen LogP contribution in [0, 0.1) is 0 Å². The van der Waals surface area contributed by atoms with Crippen molar-refractivity contribution in [3.8, 4) is 0 Å². The molecule has 1 heterocycles. The molecular formula is C17H23F2NO5S. The van der Waals surface area contributed by atoms with Crippen LogP contribution in [0.2, 0.25) is 0 Å². The standard InChI is InChI=1S/C17H23F2NO5S/c1-11(12-6-8-13(9-7-12)17(5,18)19)14-10-24-26(22,23)20(14)15(21)25-16(2,3)4/h6-9,11,14H,10H2,1-5H3. The third kappa shape index (κ3) is 4.50. The Morgan fingerprint density at radius 1 is 1.23 bits per heavy atom. The Hall–Kier alpha value is -1.74. The number of rotatable bonds is 3. The molecule has 1 aromatic rings. The summed E-state index contributed by atoms with van der Waals surface area (Å²) in [6, 6.07) is 4.73. The van der Waals surface area contributed by atoms with Gasteiger partial charge in [0.1, 0.15) is 5.60 Å². The van der Waals surface area contributed by atoms with E-state index in [0.717, 1.165) is 6.92 Å². The molecule has 0 N–H and O–H groups in total. The van der Waals surface area contributed by atoms with E-state index in [1.54, 1.807) is 27.7 Å². The van der Waals surface area contributed by atoms with Gasteiger partial charge in [-0.3, -0.25) is 4.18 Å². The van der Waals surface area contributed by atoms with Crippen LogP contribution in [0.25, 0.3) is 0 Å². The first-order valence-electron chi connectivity index (χ1n) is 8.12. The highest BCUT2D eigenvalue weighted by Gasteiger charge is 2.47. The van der Waals surface area contributed by atoms with Gasteiger partial charge in [0.05, 0.1) is 12.6 Å². The quantitative estimate of drug-likeness (QED) is 0.784. The summed E-state index contributed by atoms with van der Waals surface area (Å²) in [5.41, 5.74) is -0.415. The summed E-state index contributed by atoms with van der Waals surface area (Å²) in [5.74, 6) is -3.44. The van der Waals surface area contributed by atoms with Gasteiger partial charge in [-0.25, -0.2) is 13.6 Å². The molecule has 2 atom stereocenters. The zero-order valence-corrected chi connectivity index (χ0v) is 16.1. The normalized spacial score (nSPS) is 21.5. The van der Waals surface area contributed by atoms with Crippen LogP contribution in [-0.2, 0) is 25.1 Å². The average molecular weight is 391 g/mol. The summed E-state index contributed by atoms with van der Waals surface area (Å²) in [6.07, 6.45) is -1.02. The minimum atomic E-state index is -4.25. The van der Waals surface area contributed by atoms with Crippen LogP contribution in [0.15, 0.2) is 24.3 Å². The molecule has 9 heteroatoms. The van der Waals surface area contributed by atoms with E-state index in [1.807, 2.05) is 0 Å².